The topological polar surface area (TPSA) is 18.5 Å². The highest BCUT2D eigenvalue weighted by Gasteiger charge is 2.31. The largest absolute Gasteiger partial charge is 0.316 e. The number of hydrogen-bond donors (Lipinski definition) is 1. The van der Waals surface area contributed by atoms with Gasteiger partial charge in [0.1, 0.15) is 0 Å². The van der Waals surface area contributed by atoms with E-state index in [-0.39, 0.29) is 12.4 Å². The Morgan fingerprint density at radius 1 is 1.12 bits per heavy atom. The minimum atomic E-state index is 0. The van der Waals surface area contributed by atoms with Crippen LogP contribution in [0.25, 0.3) is 0 Å². The summed E-state index contributed by atoms with van der Waals surface area (Å²) in [5.41, 5.74) is 0.536. The lowest BCUT2D eigenvalue weighted by Gasteiger charge is -2.38. The van der Waals surface area contributed by atoms with Crippen LogP contribution in [-0.2, 0) is 0 Å². The molecule has 1 unspecified atom stereocenters. The van der Waals surface area contributed by atoms with Crippen molar-refractivity contribution < 1.29 is 0 Å². The molecule has 2 heterocycles. The molecule has 0 aromatic rings. The van der Waals surface area contributed by atoms with Crippen LogP contribution >= 0.6 is 12.4 Å². The molecule has 0 radical (unpaired) electrons. The number of nitrogens with zero attached hydrogens (tertiary/aromatic N) is 2. The normalized spacial score (nSPS) is 32.6. The lowest BCUT2D eigenvalue weighted by Crippen LogP contribution is -2.49. The molecule has 2 fully saturated rings. The fourth-order valence-electron chi connectivity index (χ4n) is 2.81. The lowest BCUT2D eigenvalue weighted by molar-refractivity contribution is 0.100. The van der Waals surface area contributed by atoms with E-state index in [4.69, 9.17) is 0 Å². The van der Waals surface area contributed by atoms with Crippen LogP contribution in [0.15, 0.2) is 0 Å². The second-order valence-corrected chi connectivity index (χ2v) is 5.45. The van der Waals surface area contributed by atoms with Gasteiger partial charge in [-0.2, -0.15) is 0 Å². The van der Waals surface area contributed by atoms with Crippen molar-refractivity contribution in [3.05, 3.63) is 0 Å². The van der Waals surface area contributed by atoms with Gasteiger partial charge in [0.15, 0.2) is 0 Å². The zero-order chi connectivity index (χ0) is 10.7. The fourth-order valence-corrected chi connectivity index (χ4v) is 2.81. The number of nitrogens with one attached hydrogen (secondary N) is 1. The monoisotopic (exact) mass is 247 g/mol. The summed E-state index contributed by atoms with van der Waals surface area (Å²) in [6, 6.07) is 0. The van der Waals surface area contributed by atoms with E-state index in [0.29, 0.717) is 5.41 Å². The lowest BCUT2D eigenvalue weighted by atomic mass is 9.89. The zero-order valence-electron chi connectivity index (χ0n) is 10.7. The molecule has 1 atom stereocenters. The third-order valence-electron chi connectivity index (χ3n) is 3.97. The van der Waals surface area contributed by atoms with Gasteiger partial charge in [-0.1, -0.05) is 13.8 Å². The Kier molecular flexibility index (Phi) is 5.51. The molecule has 0 amide bonds. The quantitative estimate of drug-likeness (QED) is 0.804. The highest BCUT2D eigenvalue weighted by Crippen LogP contribution is 2.25. The molecule has 0 aliphatic carbocycles. The molecule has 0 bridgehead atoms. The number of likely N-dealkylation sites (N-methyl/N-ethyl adjacent to an activating group) is 1. The molecule has 0 aromatic carbocycles. The van der Waals surface area contributed by atoms with E-state index >= 15 is 0 Å². The highest BCUT2D eigenvalue weighted by molar-refractivity contribution is 5.85. The summed E-state index contributed by atoms with van der Waals surface area (Å²) in [6.07, 6.45) is 1.35. The first-order valence-corrected chi connectivity index (χ1v) is 6.37. The highest BCUT2D eigenvalue weighted by atomic mass is 35.5. The SMILES string of the molecule is CCN1CCN(CC2(C)CCNC2)CC1.Cl. The standard InChI is InChI=1S/C12H25N3.ClH/c1-3-14-6-8-15(9-7-14)11-12(2)4-5-13-10-12;/h13H,3-11H2,1-2H3;1H. The van der Waals surface area contributed by atoms with Crippen molar-refractivity contribution in [2.45, 2.75) is 20.3 Å². The Labute approximate surface area is 106 Å². The number of halogens is 1. The van der Waals surface area contributed by atoms with E-state index in [0.717, 1.165) is 0 Å². The van der Waals surface area contributed by atoms with Crippen molar-refractivity contribution in [3.63, 3.8) is 0 Å². The van der Waals surface area contributed by atoms with Crippen LogP contribution in [0.2, 0.25) is 0 Å². The van der Waals surface area contributed by atoms with Gasteiger partial charge in [-0.3, -0.25) is 0 Å². The molecule has 2 aliphatic rings. The first-order chi connectivity index (χ1) is 7.22. The number of rotatable bonds is 3. The van der Waals surface area contributed by atoms with Gasteiger partial charge < -0.3 is 15.1 Å². The number of piperazine rings is 1. The maximum Gasteiger partial charge on any atom is 0.0110 e. The smallest absolute Gasteiger partial charge is 0.0110 e. The van der Waals surface area contributed by atoms with E-state index in [1.807, 2.05) is 0 Å². The van der Waals surface area contributed by atoms with Gasteiger partial charge in [0, 0.05) is 39.3 Å². The minimum Gasteiger partial charge on any atom is -0.316 e. The summed E-state index contributed by atoms with van der Waals surface area (Å²) >= 11 is 0. The van der Waals surface area contributed by atoms with Crippen molar-refractivity contribution in [2.75, 3.05) is 52.4 Å². The van der Waals surface area contributed by atoms with E-state index in [1.54, 1.807) is 0 Å². The number of hydrogen-bond acceptors (Lipinski definition) is 3. The predicted molar refractivity (Wildman–Crippen MR) is 71.4 cm³/mol. The van der Waals surface area contributed by atoms with Crippen LogP contribution in [-0.4, -0.2) is 62.2 Å². The van der Waals surface area contributed by atoms with Crippen LogP contribution in [0.4, 0.5) is 0 Å². The summed E-state index contributed by atoms with van der Waals surface area (Å²) in [7, 11) is 0. The Bertz CT molecular complexity index is 196. The van der Waals surface area contributed by atoms with Gasteiger partial charge in [-0.25, -0.2) is 0 Å². The molecule has 16 heavy (non-hydrogen) atoms. The molecular weight excluding hydrogens is 222 g/mol. The van der Waals surface area contributed by atoms with Crippen molar-refractivity contribution >= 4 is 12.4 Å². The van der Waals surface area contributed by atoms with Crippen LogP contribution in [0.3, 0.4) is 0 Å². The molecule has 0 aromatic heterocycles. The van der Waals surface area contributed by atoms with Crippen molar-refractivity contribution in [3.8, 4) is 0 Å². The summed E-state index contributed by atoms with van der Waals surface area (Å²) in [6.45, 7) is 14.7. The second-order valence-electron chi connectivity index (χ2n) is 5.45. The zero-order valence-corrected chi connectivity index (χ0v) is 11.5. The molecule has 3 nitrogen and oxygen atoms in total. The van der Waals surface area contributed by atoms with Crippen LogP contribution < -0.4 is 5.32 Å². The average molecular weight is 248 g/mol. The van der Waals surface area contributed by atoms with Crippen molar-refractivity contribution in [1.29, 1.82) is 0 Å². The van der Waals surface area contributed by atoms with E-state index in [1.165, 1.54) is 58.8 Å². The maximum atomic E-state index is 3.49. The molecule has 4 heteroatoms. The van der Waals surface area contributed by atoms with E-state index in [2.05, 4.69) is 29.0 Å². The van der Waals surface area contributed by atoms with Gasteiger partial charge in [0.05, 0.1) is 0 Å². The van der Waals surface area contributed by atoms with Gasteiger partial charge in [-0.15, -0.1) is 12.4 Å². The third-order valence-corrected chi connectivity index (χ3v) is 3.97. The Balaban J connectivity index is 0.00000128. The van der Waals surface area contributed by atoms with Crippen molar-refractivity contribution in [1.82, 2.24) is 15.1 Å². The minimum absolute atomic E-state index is 0. The first kappa shape index (κ1) is 14.2. The average Bonchev–Trinajstić information content (AvgIpc) is 2.66. The van der Waals surface area contributed by atoms with E-state index < -0.39 is 0 Å². The molecular formula is C12H26ClN3. The van der Waals surface area contributed by atoms with Crippen LogP contribution in [0.1, 0.15) is 20.3 Å². The van der Waals surface area contributed by atoms with Crippen molar-refractivity contribution in [2.24, 2.45) is 5.41 Å². The van der Waals surface area contributed by atoms with Gasteiger partial charge in [0.2, 0.25) is 0 Å². The second kappa shape index (κ2) is 6.20. The van der Waals surface area contributed by atoms with Crippen LogP contribution in [0, 0.1) is 5.41 Å². The summed E-state index contributed by atoms with van der Waals surface area (Å²) in [4.78, 5) is 5.20. The molecule has 1 N–H and O–H groups in total. The van der Waals surface area contributed by atoms with E-state index in [9.17, 15) is 0 Å². The first-order valence-electron chi connectivity index (χ1n) is 6.37. The van der Waals surface area contributed by atoms with Crippen LogP contribution in [0.5, 0.6) is 0 Å². The third kappa shape index (κ3) is 3.59. The Morgan fingerprint density at radius 3 is 2.25 bits per heavy atom. The van der Waals surface area contributed by atoms with Gasteiger partial charge in [0.25, 0.3) is 0 Å². The predicted octanol–water partition coefficient (Wildman–Crippen LogP) is 1.05. The molecule has 2 rings (SSSR count). The van der Waals surface area contributed by atoms with Gasteiger partial charge >= 0.3 is 0 Å². The Morgan fingerprint density at radius 2 is 1.75 bits per heavy atom. The molecule has 96 valence electrons. The molecule has 2 saturated heterocycles. The summed E-state index contributed by atoms with van der Waals surface area (Å²) in [5.74, 6) is 0. The summed E-state index contributed by atoms with van der Waals surface area (Å²) < 4.78 is 0. The Hall–Kier alpha value is 0.170. The molecule has 2 aliphatic heterocycles. The molecule has 0 spiro atoms. The maximum absolute atomic E-state index is 3.49. The fraction of sp³-hybridized carbons (Fsp3) is 1.00. The summed E-state index contributed by atoms with van der Waals surface area (Å²) in [5, 5.41) is 3.49. The molecule has 0 saturated carbocycles. The van der Waals surface area contributed by atoms with Gasteiger partial charge in [-0.05, 0) is 24.9 Å².